The molecule has 2 aliphatic heterocycles. The van der Waals surface area contributed by atoms with E-state index in [-0.39, 0.29) is 24.8 Å². The summed E-state index contributed by atoms with van der Waals surface area (Å²) in [7, 11) is 2.93. The molecule has 2 heterocycles. The van der Waals surface area contributed by atoms with Crippen molar-refractivity contribution < 1.29 is 29.0 Å². The highest BCUT2D eigenvalue weighted by Crippen LogP contribution is 2.49. The number of carboxylic acid groups (broad SMARTS) is 1. The Balaban J connectivity index is 1.93. The van der Waals surface area contributed by atoms with Crippen LogP contribution in [0.1, 0.15) is 38.9 Å². The van der Waals surface area contributed by atoms with Gasteiger partial charge in [-0.15, -0.1) is 0 Å². The number of carbonyl (C=O) groups excluding carboxylic acids is 2. The Morgan fingerprint density at radius 2 is 1.82 bits per heavy atom. The Bertz CT molecular complexity index is 1000. The maximum Gasteiger partial charge on any atom is 0.305 e. The summed E-state index contributed by atoms with van der Waals surface area (Å²) >= 11 is 0. The number of rotatable bonds is 5. The van der Waals surface area contributed by atoms with Crippen LogP contribution in [0.5, 0.6) is 11.5 Å². The number of anilines is 1. The van der Waals surface area contributed by atoms with Gasteiger partial charge in [0.1, 0.15) is 6.17 Å². The Hall–Kier alpha value is -3.55. The molecule has 0 radical (unpaired) electrons. The number of carboxylic acids is 1. The number of hydrogen-bond donors (Lipinski definition) is 1. The van der Waals surface area contributed by atoms with Crippen LogP contribution >= 0.6 is 0 Å². The predicted molar refractivity (Wildman–Crippen MR) is 98.8 cm³/mol. The SMILES string of the molecule is COc1ccc2c(c1OC)C(=O)N1c3ccccc3C(=O)N(CCC(=O)O)[C@@H]21. The molecule has 0 spiro atoms. The zero-order valence-electron chi connectivity index (χ0n) is 15.3. The molecule has 2 aromatic rings. The molecule has 0 saturated carbocycles. The topological polar surface area (TPSA) is 96.4 Å². The lowest BCUT2D eigenvalue weighted by Gasteiger charge is -2.40. The highest BCUT2D eigenvalue weighted by Gasteiger charge is 2.49. The zero-order valence-corrected chi connectivity index (χ0v) is 15.3. The number of fused-ring (bicyclic) bond motifs is 5. The number of methoxy groups -OCH3 is 2. The molecular formula is C20H18N2O6. The van der Waals surface area contributed by atoms with Gasteiger partial charge in [-0.2, -0.15) is 0 Å². The summed E-state index contributed by atoms with van der Waals surface area (Å²) in [6, 6.07) is 10.2. The number of ether oxygens (including phenoxy) is 2. The van der Waals surface area contributed by atoms with Gasteiger partial charge in [0.2, 0.25) is 0 Å². The van der Waals surface area contributed by atoms with Gasteiger partial charge in [0.15, 0.2) is 11.5 Å². The van der Waals surface area contributed by atoms with Crippen molar-refractivity contribution in [2.24, 2.45) is 0 Å². The second-order valence-corrected chi connectivity index (χ2v) is 6.47. The fourth-order valence-electron chi connectivity index (χ4n) is 3.87. The van der Waals surface area contributed by atoms with Crippen molar-refractivity contribution in [3.05, 3.63) is 53.1 Å². The summed E-state index contributed by atoms with van der Waals surface area (Å²) in [4.78, 5) is 40.5. The number of carbonyl (C=O) groups is 3. The van der Waals surface area contributed by atoms with Crippen molar-refractivity contribution >= 4 is 23.5 Å². The lowest BCUT2D eigenvalue weighted by molar-refractivity contribution is -0.137. The van der Waals surface area contributed by atoms with Crippen molar-refractivity contribution in [3.8, 4) is 11.5 Å². The minimum Gasteiger partial charge on any atom is -0.493 e. The number of aliphatic carboxylic acids is 1. The Morgan fingerprint density at radius 3 is 2.50 bits per heavy atom. The van der Waals surface area contributed by atoms with E-state index in [4.69, 9.17) is 14.6 Å². The standard InChI is InChI=1S/C20H18N2O6/c1-27-14-8-7-12-16(17(14)28-2)20(26)22-13-6-4-3-5-11(13)19(25)21(18(12)22)10-9-15(23)24/h3-8,18H,9-10H2,1-2H3,(H,23,24)/t18-/m1/s1. The molecule has 0 aliphatic carbocycles. The average molecular weight is 382 g/mol. The van der Waals surface area contributed by atoms with Crippen molar-refractivity contribution in [2.45, 2.75) is 12.6 Å². The van der Waals surface area contributed by atoms with Crippen molar-refractivity contribution in [2.75, 3.05) is 25.7 Å². The molecule has 0 saturated heterocycles. The van der Waals surface area contributed by atoms with Crippen LogP contribution in [0.2, 0.25) is 0 Å². The van der Waals surface area contributed by atoms with Crippen molar-refractivity contribution in [1.29, 1.82) is 0 Å². The highest BCUT2D eigenvalue weighted by molar-refractivity contribution is 6.18. The van der Waals surface area contributed by atoms with E-state index in [1.807, 2.05) is 0 Å². The molecule has 28 heavy (non-hydrogen) atoms. The molecule has 1 atom stereocenters. The predicted octanol–water partition coefficient (Wildman–Crippen LogP) is 2.29. The Kier molecular flexibility index (Phi) is 4.18. The molecule has 2 aromatic carbocycles. The summed E-state index contributed by atoms with van der Waals surface area (Å²) in [6.07, 6.45) is -0.959. The molecule has 144 valence electrons. The Morgan fingerprint density at radius 1 is 1.07 bits per heavy atom. The minimum atomic E-state index is -1.02. The van der Waals surface area contributed by atoms with Crippen LogP contribution in [0.4, 0.5) is 5.69 Å². The van der Waals surface area contributed by atoms with Gasteiger partial charge >= 0.3 is 5.97 Å². The van der Waals surface area contributed by atoms with Gasteiger partial charge in [0, 0.05) is 12.1 Å². The Labute approximate surface area is 160 Å². The lowest BCUT2D eigenvalue weighted by Crippen LogP contribution is -2.48. The zero-order chi connectivity index (χ0) is 20.0. The van der Waals surface area contributed by atoms with Gasteiger partial charge in [0.05, 0.1) is 37.5 Å². The molecule has 2 amide bonds. The molecule has 1 N–H and O–H groups in total. The molecule has 8 heteroatoms. The van der Waals surface area contributed by atoms with Gasteiger partial charge in [-0.25, -0.2) is 0 Å². The third-order valence-corrected chi connectivity index (χ3v) is 5.05. The number of amides is 2. The lowest BCUT2D eigenvalue weighted by atomic mass is 10.0. The maximum atomic E-state index is 13.4. The van der Waals surface area contributed by atoms with Crippen LogP contribution in [-0.2, 0) is 4.79 Å². The smallest absolute Gasteiger partial charge is 0.305 e. The molecular weight excluding hydrogens is 364 g/mol. The van der Waals surface area contributed by atoms with E-state index in [1.54, 1.807) is 36.4 Å². The second-order valence-electron chi connectivity index (χ2n) is 6.47. The first-order valence-corrected chi connectivity index (χ1v) is 8.69. The van der Waals surface area contributed by atoms with Gasteiger partial charge in [-0.1, -0.05) is 18.2 Å². The van der Waals surface area contributed by atoms with E-state index in [0.29, 0.717) is 33.9 Å². The van der Waals surface area contributed by atoms with Gasteiger partial charge < -0.3 is 19.5 Å². The van der Waals surface area contributed by atoms with Crippen LogP contribution < -0.4 is 14.4 Å². The fourth-order valence-corrected chi connectivity index (χ4v) is 3.87. The van der Waals surface area contributed by atoms with E-state index in [0.717, 1.165) is 0 Å². The second kappa shape index (κ2) is 6.56. The third-order valence-electron chi connectivity index (χ3n) is 5.05. The molecule has 0 fully saturated rings. The van der Waals surface area contributed by atoms with E-state index >= 15 is 0 Å². The first-order valence-electron chi connectivity index (χ1n) is 8.69. The summed E-state index contributed by atoms with van der Waals surface area (Å²) in [5.74, 6) is -0.951. The van der Waals surface area contributed by atoms with Gasteiger partial charge in [-0.05, 0) is 18.2 Å². The normalized spacial score (nSPS) is 17.1. The molecule has 0 bridgehead atoms. The monoisotopic (exact) mass is 382 g/mol. The van der Waals surface area contributed by atoms with E-state index in [1.165, 1.54) is 24.0 Å². The maximum absolute atomic E-state index is 13.4. The molecule has 8 nitrogen and oxygen atoms in total. The van der Waals surface area contributed by atoms with Crippen molar-refractivity contribution in [1.82, 2.24) is 4.90 Å². The van der Waals surface area contributed by atoms with Crippen molar-refractivity contribution in [3.63, 3.8) is 0 Å². The third kappa shape index (κ3) is 2.41. The van der Waals surface area contributed by atoms with E-state index < -0.39 is 12.1 Å². The number of benzene rings is 2. The largest absolute Gasteiger partial charge is 0.493 e. The van der Waals surface area contributed by atoms with Crippen LogP contribution in [-0.4, -0.2) is 48.6 Å². The first-order chi connectivity index (χ1) is 13.5. The minimum absolute atomic E-state index is 0.0231. The highest BCUT2D eigenvalue weighted by atomic mass is 16.5. The van der Waals surface area contributed by atoms with Crippen LogP contribution in [0.15, 0.2) is 36.4 Å². The van der Waals surface area contributed by atoms with Crippen LogP contribution in [0, 0.1) is 0 Å². The number of nitrogens with zero attached hydrogens (tertiary/aromatic N) is 2. The first kappa shape index (κ1) is 17.8. The summed E-state index contributed by atoms with van der Waals surface area (Å²) in [5.41, 5.74) is 1.75. The molecule has 0 aromatic heterocycles. The van der Waals surface area contributed by atoms with Gasteiger partial charge in [-0.3, -0.25) is 19.3 Å². The average Bonchev–Trinajstić information content (AvgIpc) is 3.00. The number of hydrogen-bond acceptors (Lipinski definition) is 5. The quantitative estimate of drug-likeness (QED) is 0.852. The molecule has 0 unspecified atom stereocenters. The van der Waals surface area contributed by atoms with Crippen LogP contribution in [0.25, 0.3) is 0 Å². The summed E-state index contributed by atoms with van der Waals surface area (Å²) < 4.78 is 10.7. The molecule has 2 aliphatic rings. The molecule has 4 rings (SSSR count). The number of para-hydroxylation sites is 1. The van der Waals surface area contributed by atoms with Gasteiger partial charge in [0.25, 0.3) is 11.8 Å². The summed E-state index contributed by atoms with van der Waals surface area (Å²) in [6.45, 7) is -0.0231. The van der Waals surface area contributed by atoms with E-state index in [9.17, 15) is 14.4 Å². The fraction of sp³-hybridized carbons (Fsp3) is 0.250. The van der Waals surface area contributed by atoms with E-state index in [2.05, 4.69) is 0 Å². The van der Waals surface area contributed by atoms with Crippen LogP contribution in [0.3, 0.4) is 0 Å². The summed E-state index contributed by atoms with van der Waals surface area (Å²) in [5, 5.41) is 9.11.